The van der Waals surface area contributed by atoms with Crippen molar-refractivity contribution in [1.29, 1.82) is 0 Å². The first-order valence-electron chi connectivity index (χ1n) is 5.08. The van der Waals surface area contributed by atoms with Gasteiger partial charge >= 0.3 is 0 Å². The summed E-state index contributed by atoms with van der Waals surface area (Å²) in [6.07, 6.45) is 1.85. The van der Waals surface area contributed by atoms with E-state index in [9.17, 15) is 0 Å². The zero-order valence-electron chi connectivity index (χ0n) is 9.76. The van der Waals surface area contributed by atoms with Crippen molar-refractivity contribution in [2.45, 2.75) is 6.92 Å². The largest absolute Gasteiger partial charge is 0.493 e. The second-order valence-electron chi connectivity index (χ2n) is 3.62. The van der Waals surface area contributed by atoms with E-state index in [0.29, 0.717) is 0 Å². The van der Waals surface area contributed by atoms with Gasteiger partial charge in [0, 0.05) is 22.7 Å². The van der Waals surface area contributed by atoms with Crippen LogP contribution in [0.1, 0.15) is 11.3 Å². The molecule has 0 spiro atoms. The molecule has 0 amide bonds. The molecule has 3 nitrogen and oxygen atoms in total. The molecule has 0 fully saturated rings. The number of methoxy groups -OCH3 is 2. The molecule has 84 valence electrons. The Morgan fingerprint density at radius 1 is 1.19 bits per heavy atom. The fourth-order valence-corrected chi connectivity index (χ4v) is 1.94. The number of benzene rings is 1. The van der Waals surface area contributed by atoms with Gasteiger partial charge in [0.2, 0.25) is 0 Å². The van der Waals surface area contributed by atoms with Gasteiger partial charge in [-0.2, -0.15) is 0 Å². The van der Waals surface area contributed by atoms with Crippen LogP contribution in [0.25, 0.3) is 17.0 Å². The Kier molecular flexibility index (Phi) is 2.60. The number of hydrogen-bond donors (Lipinski definition) is 1. The summed E-state index contributed by atoms with van der Waals surface area (Å²) in [4.78, 5) is 3.30. The lowest BCUT2D eigenvalue weighted by molar-refractivity contribution is 0.356. The Morgan fingerprint density at radius 3 is 2.38 bits per heavy atom. The lowest BCUT2D eigenvalue weighted by Crippen LogP contribution is -1.90. The first kappa shape index (κ1) is 10.6. The SMILES string of the molecule is C=Cc1c(C)[nH]c2cc(OC)c(OC)cc12. The normalized spacial score (nSPS) is 10.4. The number of aromatic nitrogens is 1. The molecule has 0 atom stereocenters. The van der Waals surface area contributed by atoms with Crippen molar-refractivity contribution >= 4 is 17.0 Å². The molecule has 0 bridgehead atoms. The number of nitrogens with one attached hydrogen (secondary N) is 1. The van der Waals surface area contributed by atoms with Crippen molar-refractivity contribution in [2.24, 2.45) is 0 Å². The highest BCUT2D eigenvalue weighted by Gasteiger charge is 2.11. The summed E-state index contributed by atoms with van der Waals surface area (Å²) in [5.74, 6) is 1.46. The van der Waals surface area contributed by atoms with Crippen LogP contribution in [0.3, 0.4) is 0 Å². The Morgan fingerprint density at radius 2 is 1.81 bits per heavy atom. The van der Waals surface area contributed by atoms with Gasteiger partial charge in [-0.1, -0.05) is 12.7 Å². The molecule has 3 heteroatoms. The van der Waals surface area contributed by atoms with Gasteiger partial charge in [0.05, 0.1) is 19.7 Å². The van der Waals surface area contributed by atoms with Crippen LogP contribution in [0.5, 0.6) is 11.5 Å². The third-order valence-electron chi connectivity index (χ3n) is 2.74. The van der Waals surface area contributed by atoms with Crippen molar-refractivity contribution in [3.8, 4) is 11.5 Å². The molecule has 0 radical (unpaired) electrons. The van der Waals surface area contributed by atoms with E-state index >= 15 is 0 Å². The summed E-state index contributed by atoms with van der Waals surface area (Å²) in [6.45, 7) is 5.84. The number of hydrogen-bond acceptors (Lipinski definition) is 2. The maximum Gasteiger partial charge on any atom is 0.162 e. The molecule has 0 unspecified atom stereocenters. The lowest BCUT2D eigenvalue weighted by Gasteiger charge is -2.07. The molecule has 2 rings (SSSR count). The summed E-state index contributed by atoms with van der Waals surface area (Å²) in [6, 6.07) is 3.91. The Bertz CT molecular complexity index is 540. The van der Waals surface area contributed by atoms with Crippen LogP contribution in [0, 0.1) is 6.92 Å². The van der Waals surface area contributed by atoms with Crippen LogP contribution in [-0.4, -0.2) is 19.2 Å². The van der Waals surface area contributed by atoms with Crippen molar-refractivity contribution in [3.05, 3.63) is 30.0 Å². The van der Waals surface area contributed by atoms with Gasteiger partial charge in [0.1, 0.15) is 0 Å². The monoisotopic (exact) mass is 217 g/mol. The summed E-state index contributed by atoms with van der Waals surface area (Å²) in [7, 11) is 3.27. The van der Waals surface area contributed by atoms with Crippen molar-refractivity contribution in [1.82, 2.24) is 4.98 Å². The minimum atomic E-state index is 0.729. The highest BCUT2D eigenvalue weighted by atomic mass is 16.5. The van der Waals surface area contributed by atoms with E-state index in [0.717, 1.165) is 33.7 Å². The van der Waals surface area contributed by atoms with Gasteiger partial charge in [-0.05, 0) is 13.0 Å². The van der Waals surface area contributed by atoms with E-state index in [-0.39, 0.29) is 0 Å². The average molecular weight is 217 g/mol. The second kappa shape index (κ2) is 3.93. The van der Waals surface area contributed by atoms with E-state index in [1.54, 1.807) is 14.2 Å². The quantitative estimate of drug-likeness (QED) is 0.857. The highest BCUT2D eigenvalue weighted by molar-refractivity contribution is 5.92. The number of aryl methyl sites for hydroxylation is 1. The molecule has 0 saturated carbocycles. The average Bonchev–Trinajstić information content (AvgIpc) is 2.61. The van der Waals surface area contributed by atoms with Crippen LogP contribution < -0.4 is 9.47 Å². The topological polar surface area (TPSA) is 34.2 Å². The smallest absolute Gasteiger partial charge is 0.162 e. The Balaban J connectivity index is 2.78. The molecular formula is C13H15NO2. The summed E-state index contributed by atoms with van der Waals surface area (Å²) < 4.78 is 10.5. The standard InChI is InChI=1S/C13H15NO2/c1-5-9-8(2)14-11-7-13(16-4)12(15-3)6-10(9)11/h5-7,14H,1H2,2-4H3. The summed E-state index contributed by atoms with van der Waals surface area (Å²) >= 11 is 0. The van der Waals surface area contributed by atoms with Crippen molar-refractivity contribution < 1.29 is 9.47 Å². The molecule has 1 N–H and O–H groups in total. The minimum Gasteiger partial charge on any atom is -0.493 e. The zero-order chi connectivity index (χ0) is 11.7. The molecule has 1 aromatic heterocycles. The molecule has 0 saturated heterocycles. The van der Waals surface area contributed by atoms with Crippen LogP contribution >= 0.6 is 0 Å². The van der Waals surface area contributed by atoms with Crippen LogP contribution in [0.4, 0.5) is 0 Å². The van der Waals surface area contributed by atoms with Crippen LogP contribution in [0.2, 0.25) is 0 Å². The molecular weight excluding hydrogens is 202 g/mol. The van der Waals surface area contributed by atoms with E-state index in [4.69, 9.17) is 9.47 Å². The number of ether oxygens (including phenoxy) is 2. The Hall–Kier alpha value is -1.90. The van der Waals surface area contributed by atoms with E-state index in [1.165, 1.54) is 0 Å². The third kappa shape index (κ3) is 1.45. The molecule has 1 aromatic carbocycles. The first-order valence-corrected chi connectivity index (χ1v) is 5.08. The van der Waals surface area contributed by atoms with E-state index in [1.807, 2.05) is 25.1 Å². The van der Waals surface area contributed by atoms with Gasteiger partial charge in [0.15, 0.2) is 11.5 Å². The minimum absolute atomic E-state index is 0.729. The van der Waals surface area contributed by atoms with Crippen LogP contribution in [-0.2, 0) is 0 Å². The van der Waals surface area contributed by atoms with Gasteiger partial charge < -0.3 is 14.5 Å². The van der Waals surface area contributed by atoms with Crippen molar-refractivity contribution in [2.75, 3.05) is 14.2 Å². The van der Waals surface area contributed by atoms with Crippen LogP contribution in [0.15, 0.2) is 18.7 Å². The maximum absolute atomic E-state index is 5.28. The van der Waals surface area contributed by atoms with E-state index in [2.05, 4.69) is 11.6 Å². The van der Waals surface area contributed by atoms with E-state index < -0.39 is 0 Å². The molecule has 0 aliphatic carbocycles. The number of H-pyrrole nitrogens is 1. The lowest BCUT2D eigenvalue weighted by atomic mass is 10.1. The number of fused-ring (bicyclic) bond motifs is 1. The van der Waals surface area contributed by atoms with Gasteiger partial charge in [-0.25, -0.2) is 0 Å². The Labute approximate surface area is 94.7 Å². The molecule has 0 aliphatic heterocycles. The predicted octanol–water partition coefficient (Wildman–Crippen LogP) is 3.14. The second-order valence-corrected chi connectivity index (χ2v) is 3.62. The molecule has 16 heavy (non-hydrogen) atoms. The number of aromatic amines is 1. The first-order chi connectivity index (χ1) is 7.71. The summed E-state index contributed by atoms with van der Waals surface area (Å²) in [5.41, 5.74) is 3.24. The van der Waals surface area contributed by atoms with Crippen molar-refractivity contribution in [3.63, 3.8) is 0 Å². The van der Waals surface area contributed by atoms with Gasteiger partial charge in [-0.3, -0.25) is 0 Å². The summed E-state index contributed by atoms with van der Waals surface area (Å²) in [5, 5.41) is 1.10. The fraction of sp³-hybridized carbons (Fsp3) is 0.231. The fourth-order valence-electron chi connectivity index (χ4n) is 1.94. The third-order valence-corrected chi connectivity index (χ3v) is 2.74. The van der Waals surface area contributed by atoms with Gasteiger partial charge in [0.25, 0.3) is 0 Å². The predicted molar refractivity (Wildman–Crippen MR) is 66.2 cm³/mol. The molecule has 0 aliphatic rings. The van der Waals surface area contributed by atoms with Gasteiger partial charge in [-0.15, -0.1) is 0 Å². The molecule has 2 aromatic rings. The number of rotatable bonds is 3. The molecule has 1 heterocycles. The highest BCUT2D eigenvalue weighted by Crippen LogP contribution is 2.34. The zero-order valence-corrected chi connectivity index (χ0v) is 9.76. The maximum atomic E-state index is 5.28.